The highest BCUT2D eigenvalue weighted by atomic mass is 16.5. The van der Waals surface area contributed by atoms with Gasteiger partial charge in [-0.05, 0) is 113 Å². The summed E-state index contributed by atoms with van der Waals surface area (Å²) in [7, 11) is 0. The molecule has 8 nitrogen and oxygen atoms in total. The zero-order valence-electron chi connectivity index (χ0n) is 29.4. The minimum atomic E-state index is -1.53. The fourth-order valence-corrected chi connectivity index (χ4v) is 11.0. The van der Waals surface area contributed by atoms with Crippen molar-refractivity contribution in [3.63, 3.8) is 0 Å². The number of hydrogen-bond acceptors (Lipinski definition) is 7. The summed E-state index contributed by atoms with van der Waals surface area (Å²) in [5, 5.41) is 14.9. The maximum Gasteiger partial charge on any atom is 0.306 e. The molecule has 48 heavy (non-hydrogen) atoms. The number of ether oxygens (including phenoxy) is 2. The summed E-state index contributed by atoms with van der Waals surface area (Å²) >= 11 is 0. The van der Waals surface area contributed by atoms with Crippen LogP contribution in [-0.2, 0) is 34.1 Å². The average Bonchev–Trinajstić information content (AvgIpc) is 3.34. The van der Waals surface area contributed by atoms with Crippen LogP contribution < -0.4 is 5.32 Å². The highest BCUT2D eigenvalue weighted by molar-refractivity contribution is 5.92. The van der Waals surface area contributed by atoms with Gasteiger partial charge in [-0.15, -0.1) is 0 Å². The van der Waals surface area contributed by atoms with Gasteiger partial charge in [0.1, 0.15) is 5.60 Å². The van der Waals surface area contributed by atoms with E-state index in [0.717, 1.165) is 57.8 Å². The minimum absolute atomic E-state index is 0.0200. The van der Waals surface area contributed by atoms with Crippen LogP contribution in [0.4, 0.5) is 0 Å². The molecule has 1 aromatic carbocycles. The highest BCUT2D eigenvalue weighted by Gasteiger charge is 2.66. The molecular weight excluding hydrogens is 606 g/mol. The Morgan fingerprint density at radius 3 is 2.44 bits per heavy atom. The number of ketones is 2. The smallest absolute Gasteiger partial charge is 0.306 e. The molecule has 4 fully saturated rings. The summed E-state index contributed by atoms with van der Waals surface area (Å²) in [6.45, 7) is 9.28. The van der Waals surface area contributed by atoms with Crippen molar-refractivity contribution in [1.82, 2.24) is 5.32 Å². The first kappa shape index (κ1) is 35.0. The highest BCUT2D eigenvalue weighted by Crippen LogP contribution is 2.67. The molecule has 1 aliphatic heterocycles. The van der Waals surface area contributed by atoms with E-state index in [1.807, 2.05) is 24.3 Å². The number of Topliss-reactive ketones (excluding diaryl/α,β-unsaturated/α-hetero) is 1. The van der Waals surface area contributed by atoms with E-state index in [1.165, 1.54) is 11.1 Å². The molecule has 4 aliphatic carbocycles. The van der Waals surface area contributed by atoms with Crippen LogP contribution in [0.25, 0.3) is 0 Å². The lowest BCUT2D eigenvalue weighted by atomic mass is 9.46. The van der Waals surface area contributed by atoms with Crippen LogP contribution >= 0.6 is 0 Å². The Balaban J connectivity index is 0.981. The fraction of sp³-hybridized carbons (Fsp3) is 0.700. The van der Waals surface area contributed by atoms with Gasteiger partial charge < -0.3 is 19.9 Å². The van der Waals surface area contributed by atoms with Gasteiger partial charge in [0.05, 0.1) is 12.0 Å². The van der Waals surface area contributed by atoms with Gasteiger partial charge >= 0.3 is 5.97 Å². The number of benzene rings is 1. The molecule has 0 unspecified atom stereocenters. The predicted octanol–water partition coefficient (Wildman–Crippen LogP) is 6.18. The van der Waals surface area contributed by atoms with E-state index >= 15 is 0 Å². The molecule has 1 saturated heterocycles. The molecule has 5 aliphatic rings. The van der Waals surface area contributed by atoms with Crippen LogP contribution in [0.1, 0.15) is 117 Å². The summed E-state index contributed by atoms with van der Waals surface area (Å²) in [5.41, 5.74) is 0.112. The van der Waals surface area contributed by atoms with Gasteiger partial charge in [-0.2, -0.15) is 0 Å². The molecule has 0 bridgehead atoms. The first-order valence-corrected chi connectivity index (χ1v) is 18.3. The molecule has 0 spiro atoms. The Kier molecular flexibility index (Phi) is 9.57. The number of nitrogens with one attached hydrogen (secondary N) is 1. The van der Waals surface area contributed by atoms with Gasteiger partial charge in [0, 0.05) is 36.8 Å². The Labute approximate surface area is 285 Å². The number of carbonyl (C=O) groups is 4. The second kappa shape index (κ2) is 13.1. The molecule has 7 atom stereocenters. The van der Waals surface area contributed by atoms with Gasteiger partial charge in [-0.1, -0.05) is 49.8 Å². The van der Waals surface area contributed by atoms with Crippen molar-refractivity contribution in [3.8, 4) is 0 Å². The van der Waals surface area contributed by atoms with Crippen molar-refractivity contribution in [1.29, 1.82) is 0 Å². The molecular formula is C40H55NO7. The lowest BCUT2D eigenvalue weighted by Crippen LogP contribution is -2.58. The van der Waals surface area contributed by atoms with Gasteiger partial charge in [0.2, 0.25) is 11.7 Å². The first-order valence-electron chi connectivity index (χ1n) is 18.3. The first-order chi connectivity index (χ1) is 22.7. The molecule has 1 heterocycles. The monoisotopic (exact) mass is 661 g/mol. The predicted molar refractivity (Wildman–Crippen MR) is 182 cm³/mol. The fourth-order valence-electron chi connectivity index (χ4n) is 11.0. The van der Waals surface area contributed by atoms with Gasteiger partial charge in [-0.3, -0.25) is 19.2 Å². The van der Waals surface area contributed by atoms with Crippen molar-refractivity contribution < 1.29 is 33.8 Å². The van der Waals surface area contributed by atoms with Crippen LogP contribution in [0.15, 0.2) is 42.0 Å². The number of amides is 1. The molecule has 1 amide bonds. The summed E-state index contributed by atoms with van der Waals surface area (Å²) in [6, 6.07) is 10.4. The second-order valence-corrected chi connectivity index (χ2v) is 16.7. The lowest BCUT2D eigenvalue weighted by molar-refractivity contribution is -0.170. The number of rotatable bonds is 10. The van der Waals surface area contributed by atoms with Crippen LogP contribution in [0, 0.1) is 28.6 Å². The second-order valence-electron chi connectivity index (χ2n) is 16.7. The van der Waals surface area contributed by atoms with Crippen molar-refractivity contribution in [3.05, 3.63) is 47.5 Å². The molecule has 0 radical (unpaired) electrons. The van der Waals surface area contributed by atoms with E-state index in [2.05, 4.69) is 45.1 Å². The minimum Gasteiger partial charge on any atom is -0.458 e. The summed E-state index contributed by atoms with van der Waals surface area (Å²) < 4.78 is 11.4. The molecule has 3 saturated carbocycles. The number of esters is 1. The number of hydrogen-bond donors (Lipinski definition) is 2. The van der Waals surface area contributed by atoms with E-state index in [0.29, 0.717) is 37.8 Å². The zero-order valence-corrected chi connectivity index (χ0v) is 29.4. The van der Waals surface area contributed by atoms with Crippen molar-refractivity contribution >= 4 is 23.4 Å². The maximum absolute atomic E-state index is 13.6. The van der Waals surface area contributed by atoms with E-state index in [1.54, 1.807) is 0 Å². The van der Waals surface area contributed by atoms with Crippen molar-refractivity contribution in [2.24, 2.45) is 28.6 Å². The number of aliphatic hydroxyl groups is 1. The normalized spacial score (nSPS) is 37.0. The van der Waals surface area contributed by atoms with Gasteiger partial charge in [0.15, 0.2) is 12.4 Å². The molecule has 1 aromatic rings. The number of allylic oxidation sites excluding steroid dienone is 1. The topological polar surface area (TPSA) is 119 Å². The molecule has 8 heteroatoms. The number of fused-ring (bicyclic) bond motifs is 5. The summed E-state index contributed by atoms with van der Waals surface area (Å²) in [4.78, 5) is 51.1. The van der Waals surface area contributed by atoms with Gasteiger partial charge in [0.25, 0.3) is 0 Å². The molecule has 6 rings (SSSR count). The molecule has 262 valence electrons. The standard InChI is InChI=1S/C40H55NO7/c1-36(2)26-39(21-23-48-36,27-8-6-5-7-9-27)20-22-41-34(44)12-13-35(45)47-25-33(43)40(46)19-16-32-30-11-10-28-24-29(42)14-17-37(28,3)31(30)15-18-38(32,40)4/h5-9,24,30-32,46H,10-23,25-26H2,1-4H3,(H,41,44)/t30-,31+,32-,37+,38-,39-,40+/m1/s1. The average molecular weight is 662 g/mol. The lowest BCUT2D eigenvalue weighted by Gasteiger charge is -2.58. The maximum atomic E-state index is 13.6. The Morgan fingerprint density at radius 1 is 0.938 bits per heavy atom. The SMILES string of the molecule is CC1(C)C[C@](CCNC(=O)CCC(=O)OCC(=O)[C@@]2(O)CC[C@@H]3[C@@H]4CCC5=CC(=O)CC[C@]5(C)[C@H]4CC[C@]32C)(c2ccccc2)CCO1. The third-order valence-corrected chi connectivity index (χ3v) is 13.6. The summed E-state index contributed by atoms with van der Waals surface area (Å²) in [6.07, 6.45) is 10.5. The van der Waals surface area contributed by atoms with E-state index < -0.39 is 29.4 Å². The zero-order chi connectivity index (χ0) is 34.4. The molecule has 2 N–H and O–H groups in total. The third kappa shape index (κ3) is 6.32. The third-order valence-electron chi connectivity index (χ3n) is 13.6. The van der Waals surface area contributed by atoms with E-state index in [9.17, 15) is 24.3 Å². The van der Waals surface area contributed by atoms with Crippen molar-refractivity contribution in [2.45, 2.75) is 128 Å². The Bertz CT molecular complexity index is 1450. The summed E-state index contributed by atoms with van der Waals surface area (Å²) in [5.74, 6) is 0.0535. The molecule has 0 aromatic heterocycles. The van der Waals surface area contributed by atoms with E-state index in [4.69, 9.17) is 9.47 Å². The van der Waals surface area contributed by atoms with Crippen LogP contribution in [0.3, 0.4) is 0 Å². The quantitative estimate of drug-likeness (QED) is 0.288. The van der Waals surface area contributed by atoms with Crippen molar-refractivity contribution in [2.75, 3.05) is 19.8 Å². The number of carbonyl (C=O) groups excluding carboxylic acids is 4. The Hall–Kier alpha value is -2.84. The van der Waals surface area contributed by atoms with Crippen LogP contribution in [0.5, 0.6) is 0 Å². The van der Waals surface area contributed by atoms with Crippen LogP contribution in [-0.4, -0.2) is 59.5 Å². The Morgan fingerprint density at radius 2 is 1.69 bits per heavy atom. The van der Waals surface area contributed by atoms with Crippen LogP contribution in [0.2, 0.25) is 0 Å². The van der Waals surface area contributed by atoms with E-state index in [-0.39, 0.29) is 46.9 Å². The van der Waals surface area contributed by atoms with Gasteiger partial charge in [-0.25, -0.2) is 0 Å². The largest absolute Gasteiger partial charge is 0.458 e.